The van der Waals surface area contributed by atoms with Crippen molar-refractivity contribution in [2.45, 2.75) is 44.7 Å². The molecule has 6 nitrogen and oxygen atoms in total. The highest BCUT2D eigenvalue weighted by atomic mass is 19.1. The van der Waals surface area contributed by atoms with E-state index in [1.165, 1.54) is 6.07 Å². The summed E-state index contributed by atoms with van der Waals surface area (Å²) in [5, 5.41) is 7.46. The van der Waals surface area contributed by atoms with Crippen molar-refractivity contribution < 1.29 is 9.18 Å². The van der Waals surface area contributed by atoms with Gasteiger partial charge in [0.05, 0.1) is 23.0 Å². The number of carbonyl (C=O) groups excluding carboxylic acids is 1. The standard InChI is InChI=1S/C26H26FN5O/c1-16-13-18(8-9-21(16)27)25-19(5-4-11-29-25)17-10-12-32-24(14-17)20(15-30-32)26(33)31-23-7-3-2-6-22(23)28/h4-5,8-15,22-23H,2-3,6-7,28H2,1H3,(H,31,33)/t22-,23-/m1/s1. The number of rotatable bonds is 4. The highest BCUT2D eigenvalue weighted by molar-refractivity contribution is 6.01. The van der Waals surface area contributed by atoms with E-state index in [4.69, 9.17) is 5.73 Å². The third kappa shape index (κ3) is 4.12. The Balaban J connectivity index is 1.52. The second-order valence-electron chi connectivity index (χ2n) is 8.70. The third-order valence-corrected chi connectivity index (χ3v) is 6.45. The Kier molecular flexibility index (Phi) is 5.64. The average molecular weight is 444 g/mol. The fourth-order valence-corrected chi connectivity index (χ4v) is 4.57. The second kappa shape index (κ2) is 8.75. The maximum atomic E-state index is 13.8. The van der Waals surface area contributed by atoms with Crippen LogP contribution in [0.5, 0.6) is 0 Å². The lowest BCUT2D eigenvalue weighted by molar-refractivity contribution is 0.0923. The van der Waals surface area contributed by atoms with Crippen molar-refractivity contribution >= 4 is 11.4 Å². The molecule has 0 unspecified atom stereocenters. The summed E-state index contributed by atoms with van der Waals surface area (Å²) in [5.41, 5.74) is 11.4. The predicted molar refractivity (Wildman–Crippen MR) is 126 cm³/mol. The summed E-state index contributed by atoms with van der Waals surface area (Å²) in [7, 11) is 0. The number of fused-ring (bicyclic) bond motifs is 1. The molecule has 168 valence electrons. The molecule has 0 spiro atoms. The molecule has 5 rings (SSSR count). The van der Waals surface area contributed by atoms with Gasteiger partial charge in [0.1, 0.15) is 5.82 Å². The molecule has 3 N–H and O–H groups in total. The van der Waals surface area contributed by atoms with E-state index in [-0.39, 0.29) is 23.8 Å². The fourth-order valence-electron chi connectivity index (χ4n) is 4.57. The summed E-state index contributed by atoms with van der Waals surface area (Å²) in [6.07, 6.45) is 9.15. The Morgan fingerprint density at radius 2 is 2.00 bits per heavy atom. The first-order valence-corrected chi connectivity index (χ1v) is 11.3. The molecule has 33 heavy (non-hydrogen) atoms. The molecule has 1 fully saturated rings. The maximum Gasteiger partial charge on any atom is 0.255 e. The van der Waals surface area contributed by atoms with Gasteiger partial charge in [0.25, 0.3) is 5.91 Å². The van der Waals surface area contributed by atoms with Gasteiger partial charge in [-0.15, -0.1) is 0 Å². The van der Waals surface area contributed by atoms with Gasteiger partial charge < -0.3 is 11.1 Å². The molecule has 1 amide bonds. The average Bonchev–Trinajstić information content (AvgIpc) is 3.26. The molecule has 0 bridgehead atoms. The van der Waals surface area contributed by atoms with Crippen LogP contribution in [0.25, 0.3) is 27.9 Å². The smallest absolute Gasteiger partial charge is 0.255 e. The number of pyridine rings is 2. The Morgan fingerprint density at radius 1 is 1.15 bits per heavy atom. The first kappa shape index (κ1) is 21.3. The Morgan fingerprint density at radius 3 is 2.82 bits per heavy atom. The van der Waals surface area contributed by atoms with Gasteiger partial charge in [0.15, 0.2) is 0 Å². The molecule has 1 aliphatic rings. The second-order valence-corrected chi connectivity index (χ2v) is 8.70. The van der Waals surface area contributed by atoms with E-state index in [1.54, 1.807) is 36.0 Å². The number of aryl methyl sites for hydroxylation is 1. The molecule has 0 saturated heterocycles. The van der Waals surface area contributed by atoms with Crippen molar-refractivity contribution in [3.63, 3.8) is 0 Å². The zero-order valence-electron chi connectivity index (χ0n) is 18.5. The SMILES string of the molecule is Cc1cc(-c2ncccc2-c2ccn3ncc(C(=O)N[C@@H]4CCCC[C@H]4N)c3c2)ccc1F. The fraction of sp³-hybridized carbons (Fsp3) is 0.269. The number of nitrogens with zero attached hydrogens (tertiary/aromatic N) is 3. The van der Waals surface area contributed by atoms with Crippen LogP contribution < -0.4 is 11.1 Å². The molecule has 1 aromatic carbocycles. The van der Waals surface area contributed by atoms with Crippen molar-refractivity contribution in [1.82, 2.24) is 19.9 Å². The molecule has 0 aliphatic heterocycles. The summed E-state index contributed by atoms with van der Waals surface area (Å²) in [6, 6.07) is 12.7. The first-order valence-electron chi connectivity index (χ1n) is 11.3. The van der Waals surface area contributed by atoms with Gasteiger partial charge in [-0.1, -0.05) is 18.9 Å². The highest BCUT2D eigenvalue weighted by Crippen LogP contribution is 2.32. The van der Waals surface area contributed by atoms with E-state index >= 15 is 0 Å². The van der Waals surface area contributed by atoms with Gasteiger partial charge in [0, 0.05) is 35.6 Å². The monoisotopic (exact) mass is 443 g/mol. The molecule has 1 aliphatic carbocycles. The Labute approximate surface area is 191 Å². The molecule has 3 heterocycles. The van der Waals surface area contributed by atoms with E-state index in [9.17, 15) is 9.18 Å². The largest absolute Gasteiger partial charge is 0.348 e. The van der Waals surface area contributed by atoms with Crippen LogP contribution >= 0.6 is 0 Å². The maximum absolute atomic E-state index is 13.8. The summed E-state index contributed by atoms with van der Waals surface area (Å²) in [5.74, 6) is -0.407. The molecular formula is C26H26FN5O. The van der Waals surface area contributed by atoms with E-state index in [0.717, 1.165) is 48.1 Å². The number of carbonyl (C=O) groups is 1. The number of amides is 1. The number of nitrogens with one attached hydrogen (secondary N) is 1. The summed E-state index contributed by atoms with van der Waals surface area (Å²) < 4.78 is 15.5. The van der Waals surface area contributed by atoms with Gasteiger partial charge in [-0.3, -0.25) is 9.78 Å². The van der Waals surface area contributed by atoms with Crippen molar-refractivity contribution in [3.05, 3.63) is 78.0 Å². The number of aromatic nitrogens is 3. The van der Waals surface area contributed by atoms with Crippen LogP contribution in [0.2, 0.25) is 0 Å². The molecule has 0 radical (unpaired) electrons. The molecule has 4 aromatic rings. The van der Waals surface area contributed by atoms with E-state index in [2.05, 4.69) is 15.4 Å². The van der Waals surface area contributed by atoms with Crippen LogP contribution in [0, 0.1) is 12.7 Å². The lowest BCUT2D eigenvalue weighted by Crippen LogP contribution is -2.49. The molecule has 7 heteroatoms. The number of nitrogens with two attached hydrogens (primary N) is 1. The number of benzene rings is 1. The zero-order valence-corrected chi connectivity index (χ0v) is 18.5. The normalized spacial score (nSPS) is 18.4. The molecular weight excluding hydrogens is 417 g/mol. The number of halogens is 1. The summed E-state index contributed by atoms with van der Waals surface area (Å²) in [6.45, 7) is 1.74. The van der Waals surface area contributed by atoms with Gasteiger partial charge >= 0.3 is 0 Å². The first-order chi connectivity index (χ1) is 16.0. The minimum Gasteiger partial charge on any atom is -0.348 e. The van der Waals surface area contributed by atoms with Crippen LogP contribution in [-0.2, 0) is 0 Å². The lowest BCUT2D eigenvalue weighted by atomic mass is 9.91. The van der Waals surface area contributed by atoms with Crippen LogP contribution in [0.15, 0.2) is 61.1 Å². The topological polar surface area (TPSA) is 85.3 Å². The molecule has 1 saturated carbocycles. The van der Waals surface area contributed by atoms with Gasteiger partial charge in [-0.05, 0) is 67.3 Å². The quantitative estimate of drug-likeness (QED) is 0.486. The van der Waals surface area contributed by atoms with Crippen molar-refractivity contribution in [1.29, 1.82) is 0 Å². The van der Waals surface area contributed by atoms with Crippen LogP contribution in [0.3, 0.4) is 0 Å². The minimum atomic E-state index is -0.245. The van der Waals surface area contributed by atoms with Crippen molar-refractivity contribution in [3.8, 4) is 22.4 Å². The predicted octanol–water partition coefficient (Wildman–Crippen LogP) is 4.51. The number of hydrogen-bond donors (Lipinski definition) is 2. The Hall–Kier alpha value is -3.58. The summed E-state index contributed by atoms with van der Waals surface area (Å²) in [4.78, 5) is 17.6. The minimum absolute atomic E-state index is 0.0165. The van der Waals surface area contributed by atoms with Crippen LogP contribution in [0.1, 0.15) is 41.6 Å². The zero-order chi connectivity index (χ0) is 22.9. The molecule has 3 aromatic heterocycles. The Bertz CT molecular complexity index is 1330. The van der Waals surface area contributed by atoms with E-state index in [0.29, 0.717) is 16.6 Å². The van der Waals surface area contributed by atoms with Crippen molar-refractivity contribution in [2.75, 3.05) is 0 Å². The molecule has 2 atom stereocenters. The van der Waals surface area contributed by atoms with Crippen LogP contribution in [0.4, 0.5) is 4.39 Å². The number of hydrogen-bond acceptors (Lipinski definition) is 4. The lowest BCUT2D eigenvalue weighted by Gasteiger charge is -2.29. The third-order valence-electron chi connectivity index (χ3n) is 6.45. The van der Waals surface area contributed by atoms with E-state index < -0.39 is 0 Å². The highest BCUT2D eigenvalue weighted by Gasteiger charge is 2.25. The van der Waals surface area contributed by atoms with Crippen molar-refractivity contribution in [2.24, 2.45) is 5.73 Å². The van der Waals surface area contributed by atoms with Gasteiger partial charge in [-0.25, -0.2) is 8.91 Å². The van der Waals surface area contributed by atoms with E-state index in [1.807, 2.05) is 30.5 Å². The van der Waals surface area contributed by atoms with Crippen LogP contribution in [-0.4, -0.2) is 32.6 Å². The summed E-state index contributed by atoms with van der Waals surface area (Å²) >= 11 is 0. The van der Waals surface area contributed by atoms with Gasteiger partial charge in [0.2, 0.25) is 0 Å². The van der Waals surface area contributed by atoms with Gasteiger partial charge in [-0.2, -0.15) is 5.10 Å².